The van der Waals surface area contributed by atoms with Gasteiger partial charge in [0.15, 0.2) is 0 Å². The number of hydrogen-bond acceptors (Lipinski definition) is 3. The molecule has 3 aromatic rings. The van der Waals surface area contributed by atoms with Crippen LogP contribution in [0.5, 0.6) is 5.75 Å². The lowest BCUT2D eigenvalue weighted by molar-refractivity contribution is 0.102. The van der Waals surface area contributed by atoms with E-state index in [0.717, 1.165) is 34.4 Å². The molecule has 24 heavy (non-hydrogen) atoms. The summed E-state index contributed by atoms with van der Waals surface area (Å²) >= 11 is 3.45. The summed E-state index contributed by atoms with van der Waals surface area (Å²) in [7, 11) is 1.61. The first-order chi connectivity index (χ1) is 11.6. The quantitative estimate of drug-likeness (QED) is 0.709. The number of nitrogens with zero attached hydrogens (tertiary/aromatic N) is 2. The molecule has 2 aromatic heterocycles. The zero-order chi connectivity index (χ0) is 17.1. The fourth-order valence-corrected chi connectivity index (χ4v) is 2.92. The van der Waals surface area contributed by atoms with E-state index in [1.165, 1.54) is 0 Å². The van der Waals surface area contributed by atoms with Crippen LogP contribution in [-0.2, 0) is 6.42 Å². The van der Waals surface area contributed by atoms with Crippen molar-refractivity contribution in [3.05, 3.63) is 58.5 Å². The van der Waals surface area contributed by atoms with Crippen LogP contribution >= 0.6 is 15.9 Å². The number of pyridine rings is 1. The lowest BCUT2D eigenvalue weighted by Gasteiger charge is -2.08. The van der Waals surface area contributed by atoms with Gasteiger partial charge in [-0.15, -0.1) is 0 Å². The number of amides is 1. The number of fused-ring (bicyclic) bond motifs is 1. The SMILES string of the molecule is CCCc1nc2ccc(Br)cn2c1C(=O)Nc1ccc(OC)cc1. The molecule has 0 bridgehead atoms. The van der Waals surface area contributed by atoms with E-state index in [2.05, 4.69) is 33.2 Å². The van der Waals surface area contributed by atoms with Crippen molar-refractivity contribution in [1.29, 1.82) is 0 Å². The van der Waals surface area contributed by atoms with Crippen molar-refractivity contribution in [2.45, 2.75) is 19.8 Å². The number of methoxy groups -OCH3 is 1. The van der Waals surface area contributed by atoms with Gasteiger partial charge in [0.25, 0.3) is 5.91 Å². The number of carbonyl (C=O) groups is 1. The smallest absolute Gasteiger partial charge is 0.274 e. The number of rotatable bonds is 5. The van der Waals surface area contributed by atoms with Gasteiger partial charge < -0.3 is 10.1 Å². The third-order valence-electron chi connectivity index (χ3n) is 3.70. The third-order valence-corrected chi connectivity index (χ3v) is 4.17. The van der Waals surface area contributed by atoms with E-state index in [1.54, 1.807) is 7.11 Å². The number of aromatic nitrogens is 2. The van der Waals surface area contributed by atoms with Crippen molar-refractivity contribution in [3.8, 4) is 5.75 Å². The highest BCUT2D eigenvalue weighted by atomic mass is 79.9. The molecule has 0 fully saturated rings. The van der Waals surface area contributed by atoms with Gasteiger partial charge in [-0.05, 0) is 58.7 Å². The molecule has 1 aromatic carbocycles. The number of imidazole rings is 1. The second-order valence-corrected chi connectivity index (χ2v) is 6.33. The van der Waals surface area contributed by atoms with Gasteiger partial charge in [-0.1, -0.05) is 13.3 Å². The standard InChI is InChI=1S/C18H18BrN3O2/c1-3-4-15-17(22-11-12(19)5-10-16(22)21-15)18(23)20-13-6-8-14(24-2)9-7-13/h5-11H,3-4H2,1-2H3,(H,20,23). The molecular weight excluding hydrogens is 370 g/mol. The van der Waals surface area contributed by atoms with Gasteiger partial charge >= 0.3 is 0 Å². The molecule has 3 rings (SSSR count). The molecule has 0 aliphatic heterocycles. The van der Waals surface area contributed by atoms with Gasteiger partial charge in [0.1, 0.15) is 17.1 Å². The number of ether oxygens (including phenoxy) is 1. The number of carbonyl (C=O) groups excluding carboxylic acids is 1. The van der Waals surface area contributed by atoms with Crippen LogP contribution in [0, 0.1) is 0 Å². The maximum atomic E-state index is 12.8. The maximum Gasteiger partial charge on any atom is 0.274 e. The highest BCUT2D eigenvalue weighted by molar-refractivity contribution is 9.10. The number of anilines is 1. The van der Waals surface area contributed by atoms with Crippen LogP contribution in [0.15, 0.2) is 47.1 Å². The summed E-state index contributed by atoms with van der Waals surface area (Å²) in [5.41, 5.74) is 2.86. The van der Waals surface area contributed by atoms with Crippen LogP contribution in [0.2, 0.25) is 0 Å². The summed E-state index contributed by atoms with van der Waals surface area (Å²) in [4.78, 5) is 17.4. The van der Waals surface area contributed by atoms with E-state index in [9.17, 15) is 4.79 Å². The minimum atomic E-state index is -0.172. The average Bonchev–Trinajstić information content (AvgIpc) is 2.93. The Balaban J connectivity index is 1.97. The largest absolute Gasteiger partial charge is 0.497 e. The van der Waals surface area contributed by atoms with E-state index in [-0.39, 0.29) is 5.91 Å². The second-order valence-electron chi connectivity index (χ2n) is 5.42. The van der Waals surface area contributed by atoms with Crippen molar-refractivity contribution < 1.29 is 9.53 Å². The molecule has 0 aliphatic carbocycles. The van der Waals surface area contributed by atoms with Crippen molar-refractivity contribution >= 4 is 33.2 Å². The molecule has 0 spiro atoms. The average molecular weight is 388 g/mol. The third kappa shape index (κ3) is 3.28. The number of halogens is 1. The Bertz CT molecular complexity index is 872. The molecule has 5 nitrogen and oxygen atoms in total. The first-order valence-corrected chi connectivity index (χ1v) is 8.53. The first-order valence-electron chi connectivity index (χ1n) is 7.74. The van der Waals surface area contributed by atoms with Crippen molar-refractivity contribution in [1.82, 2.24) is 9.38 Å². The Morgan fingerprint density at radius 2 is 2.00 bits per heavy atom. The van der Waals surface area contributed by atoms with Gasteiger partial charge in [0.05, 0.1) is 12.8 Å². The summed E-state index contributed by atoms with van der Waals surface area (Å²) in [5.74, 6) is 0.577. The van der Waals surface area contributed by atoms with Gasteiger partial charge in [-0.3, -0.25) is 9.20 Å². The molecule has 2 heterocycles. The maximum absolute atomic E-state index is 12.8. The molecule has 1 amide bonds. The van der Waals surface area contributed by atoms with Crippen LogP contribution < -0.4 is 10.1 Å². The van der Waals surface area contributed by atoms with Gasteiger partial charge in [-0.25, -0.2) is 4.98 Å². The van der Waals surface area contributed by atoms with Gasteiger partial charge in [0.2, 0.25) is 0 Å². The highest BCUT2D eigenvalue weighted by Gasteiger charge is 2.19. The molecule has 0 atom stereocenters. The van der Waals surface area contributed by atoms with Gasteiger partial charge in [0, 0.05) is 16.4 Å². The fourth-order valence-electron chi connectivity index (χ4n) is 2.58. The van der Waals surface area contributed by atoms with Crippen LogP contribution in [0.1, 0.15) is 29.5 Å². The first kappa shape index (κ1) is 16.5. The molecule has 124 valence electrons. The predicted molar refractivity (Wildman–Crippen MR) is 97.8 cm³/mol. The number of benzene rings is 1. The summed E-state index contributed by atoms with van der Waals surface area (Å²) < 4.78 is 7.86. The minimum absolute atomic E-state index is 0.172. The summed E-state index contributed by atoms with van der Waals surface area (Å²) in [5, 5.41) is 2.94. The van der Waals surface area contributed by atoms with Crippen LogP contribution in [0.4, 0.5) is 5.69 Å². The highest BCUT2D eigenvalue weighted by Crippen LogP contribution is 2.21. The Morgan fingerprint density at radius 1 is 1.25 bits per heavy atom. The summed E-state index contributed by atoms with van der Waals surface area (Å²) in [6, 6.07) is 11.1. The Kier molecular flexibility index (Phi) is 4.85. The molecule has 1 N–H and O–H groups in total. The summed E-state index contributed by atoms with van der Waals surface area (Å²) in [6.45, 7) is 2.07. The van der Waals surface area contributed by atoms with Crippen molar-refractivity contribution in [2.75, 3.05) is 12.4 Å². The Hall–Kier alpha value is -2.34. The Morgan fingerprint density at radius 3 is 2.67 bits per heavy atom. The van der Waals surface area contributed by atoms with E-state index in [1.807, 2.05) is 47.0 Å². The van der Waals surface area contributed by atoms with Gasteiger partial charge in [-0.2, -0.15) is 0 Å². The van der Waals surface area contributed by atoms with E-state index >= 15 is 0 Å². The van der Waals surface area contributed by atoms with Crippen molar-refractivity contribution in [2.24, 2.45) is 0 Å². The predicted octanol–water partition coefficient (Wildman–Crippen LogP) is 4.31. The molecule has 0 aliphatic rings. The Labute approximate surface area is 148 Å². The van der Waals surface area contributed by atoms with E-state index in [0.29, 0.717) is 11.4 Å². The van der Waals surface area contributed by atoms with E-state index < -0.39 is 0 Å². The monoisotopic (exact) mass is 387 g/mol. The van der Waals surface area contributed by atoms with Crippen LogP contribution in [-0.4, -0.2) is 22.4 Å². The lowest BCUT2D eigenvalue weighted by atomic mass is 10.2. The number of hydrogen-bond donors (Lipinski definition) is 1. The molecule has 0 saturated carbocycles. The van der Waals surface area contributed by atoms with Crippen LogP contribution in [0.3, 0.4) is 0 Å². The zero-order valence-electron chi connectivity index (χ0n) is 13.5. The number of nitrogens with one attached hydrogen (secondary N) is 1. The fraction of sp³-hybridized carbons (Fsp3) is 0.222. The molecule has 0 unspecified atom stereocenters. The number of aryl methyl sites for hydroxylation is 1. The summed E-state index contributed by atoms with van der Waals surface area (Å²) in [6.07, 6.45) is 3.54. The van der Waals surface area contributed by atoms with Crippen molar-refractivity contribution in [3.63, 3.8) is 0 Å². The minimum Gasteiger partial charge on any atom is -0.497 e. The molecule has 0 radical (unpaired) electrons. The van der Waals surface area contributed by atoms with E-state index in [4.69, 9.17) is 4.74 Å². The second kappa shape index (κ2) is 7.05. The zero-order valence-corrected chi connectivity index (χ0v) is 15.1. The lowest BCUT2D eigenvalue weighted by Crippen LogP contribution is -2.16. The normalized spacial score (nSPS) is 10.8. The topological polar surface area (TPSA) is 55.6 Å². The molecular formula is C18H18BrN3O2. The molecule has 0 saturated heterocycles. The van der Waals surface area contributed by atoms with Crippen LogP contribution in [0.25, 0.3) is 5.65 Å². The molecule has 6 heteroatoms.